The molecule has 1 fully saturated rings. The van der Waals surface area contributed by atoms with Gasteiger partial charge in [0.2, 0.25) is 0 Å². The van der Waals surface area contributed by atoms with Gasteiger partial charge >= 0.3 is 0 Å². The first-order valence-corrected chi connectivity index (χ1v) is 14.0. The van der Waals surface area contributed by atoms with Gasteiger partial charge < -0.3 is 10.3 Å². The number of allylic oxidation sites excluding steroid dienone is 3. The van der Waals surface area contributed by atoms with Gasteiger partial charge in [-0.05, 0) is 50.1 Å². The molecule has 0 atom stereocenters. The van der Waals surface area contributed by atoms with Crippen molar-refractivity contribution in [2.75, 3.05) is 32.0 Å². The van der Waals surface area contributed by atoms with Gasteiger partial charge in [0.15, 0.2) is 0 Å². The van der Waals surface area contributed by atoms with Crippen LogP contribution in [0.3, 0.4) is 0 Å². The largest absolute Gasteiger partial charge is 0.373 e. The van der Waals surface area contributed by atoms with E-state index in [1.54, 1.807) is 61.5 Å². The number of rotatable bonds is 9. The Hall–Kier alpha value is -4.31. The van der Waals surface area contributed by atoms with Gasteiger partial charge in [-0.2, -0.15) is 0 Å². The summed E-state index contributed by atoms with van der Waals surface area (Å²) in [5.41, 5.74) is 3.08. The number of nitrogens with one attached hydrogen (secondary N) is 2. The lowest BCUT2D eigenvalue weighted by Gasteiger charge is -2.27. The van der Waals surface area contributed by atoms with Crippen molar-refractivity contribution in [2.45, 2.75) is 38.5 Å². The summed E-state index contributed by atoms with van der Waals surface area (Å²) >= 11 is 0. The predicted molar refractivity (Wildman–Crippen MR) is 163 cm³/mol. The second-order valence-electron chi connectivity index (χ2n) is 11.2. The number of fused-ring (bicyclic) bond motifs is 1. The fourth-order valence-electron chi connectivity index (χ4n) is 5.53. The van der Waals surface area contributed by atoms with Crippen LogP contribution in [0.15, 0.2) is 73.1 Å². The Morgan fingerprint density at radius 3 is 2.65 bits per heavy atom. The number of pyridine rings is 2. The molecule has 3 aromatic heterocycles. The lowest BCUT2D eigenvalue weighted by molar-refractivity contribution is 0.0131. The molecule has 4 heterocycles. The summed E-state index contributed by atoms with van der Waals surface area (Å²) in [6.07, 6.45) is 8.02. The van der Waals surface area contributed by atoms with Crippen molar-refractivity contribution >= 4 is 22.4 Å². The highest BCUT2D eigenvalue weighted by atomic mass is 19.3. The average molecular weight is 591 g/mol. The summed E-state index contributed by atoms with van der Waals surface area (Å²) in [5.74, 6) is -2.77. The maximum atomic E-state index is 16.7. The molecule has 0 unspecified atom stereocenters. The molecule has 1 aliphatic heterocycles. The molecule has 0 saturated carbocycles. The van der Waals surface area contributed by atoms with E-state index in [9.17, 15) is 13.2 Å². The summed E-state index contributed by atoms with van der Waals surface area (Å²) in [7, 11) is 1.67. The van der Waals surface area contributed by atoms with E-state index in [1.165, 1.54) is 18.3 Å². The van der Waals surface area contributed by atoms with Crippen LogP contribution in [0.1, 0.15) is 44.1 Å². The van der Waals surface area contributed by atoms with Crippen molar-refractivity contribution in [1.29, 1.82) is 0 Å². The van der Waals surface area contributed by atoms with Crippen LogP contribution in [0, 0.1) is 11.6 Å². The first-order chi connectivity index (χ1) is 20.5. The summed E-state index contributed by atoms with van der Waals surface area (Å²) < 4.78 is 58.2. The lowest BCUT2D eigenvalue weighted by atomic mass is 9.82. The monoisotopic (exact) mass is 590 g/mol. The molecule has 10 heteroatoms. The smallest absolute Gasteiger partial charge is 0.261 e. The number of alkyl halides is 2. The van der Waals surface area contributed by atoms with Gasteiger partial charge in [0.25, 0.3) is 5.92 Å². The van der Waals surface area contributed by atoms with Crippen molar-refractivity contribution in [3.8, 4) is 11.3 Å². The first kappa shape index (κ1) is 30.2. The standard InChI is InChI=1S/C33H34F4N6/c1-6-20(18-43-14-12-33(36,37)19-43)15-21(7-2)24-17-40-30(38-5)26(27(24)35)32(3,4)31-41-25-11-13-39-28(29(25)42-31)22-9-8-10-23(34)16-22/h6-11,13,15-17H,1,12,14,18-19H2,2-5H3,(H,38,40)(H,41,42)/b20-15+,21-7+. The van der Waals surface area contributed by atoms with Crippen molar-refractivity contribution in [3.63, 3.8) is 0 Å². The number of benzene rings is 1. The van der Waals surface area contributed by atoms with Crippen LogP contribution in [0.4, 0.5) is 23.4 Å². The molecule has 0 radical (unpaired) electrons. The van der Waals surface area contributed by atoms with E-state index in [-0.39, 0.29) is 37.4 Å². The second-order valence-corrected chi connectivity index (χ2v) is 11.2. The Morgan fingerprint density at radius 2 is 2.00 bits per heavy atom. The van der Waals surface area contributed by atoms with E-state index in [1.807, 2.05) is 13.8 Å². The van der Waals surface area contributed by atoms with Crippen molar-refractivity contribution in [2.24, 2.45) is 0 Å². The fourth-order valence-corrected chi connectivity index (χ4v) is 5.53. The summed E-state index contributed by atoms with van der Waals surface area (Å²) in [4.78, 5) is 18.8. The Morgan fingerprint density at radius 1 is 1.21 bits per heavy atom. The topological polar surface area (TPSA) is 69.7 Å². The van der Waals surface area contributed by atoms with Crippen LogP contribution >= 0.6 is 0 Å². The van der Waals surface area contributed by atoms with E-state index in [0.717, 1.165) is 0 Å². The molecule has 2 N–H and O–H groups in total. The number of aromatic nitrogens is 4. The molecule has 1 aromatic carbocycles. The van der Waals surface area contributed by atoms with Crippen molar-refractivity contribution < 1.29 is 17.6 Å². The van der Waals surface area contributed by atoms with E-state index in [0.29, 0.717) is 50.6 Å². The molecule has 43 heavy (non-hydrogen) atoms. The first-order valence-electron chi connectivity index (χ1n) is 14.0. The van der Waals surface area contributed by atoms with E-state index >= 15 is 4.39 Å². The minimum absolute atomic E-state index is 0.183. The molecule has 0 aliphatic carbocycles. The highest BCUT2D eigenvalue weighted by Crippen LogP contribution is 2.40. The van der Waals surface area contributed by atoms with E-state index in [2.05, 4.69) is 26.8 Å². The predicted octanol–water partition coefficient (Wildman–Crippen LogP) is 7.52. The molecule has 6 nitrogen and oxygen atoms in total. The van der Waals surface area contributed by atoms with E-state index < -0.39 is 17.2 Å². The zero-order valence-electron chi connectivity index (χ0n) is 24.6. The molecule has 224 valence electrons. The average Bonchev–Trinajstić information content (AvgIpc) is 3.58. The molecule has 5 rings (SSSR count). The molecule has 0 spiro atoms. The zero-order valence-corrected chi connectivity index (χ0v) is 24.6. The Bertz CT molecular complexity index is 1740. The van der Waals surface area contributed by atoms with E-state index in [4.69, 9.17) is 4.98 Å². The van der Waals surface area contributed by atoms with Gasteiger partial charge in [0, 0.05) is 55.6 Å². The van der Waals surface area contributed by atoms with Gasteiger partial charge in [-0.1, -0.05) is 36.9 Å². The lowest BCUT2D eigenvalue weighted by Crippen LogP contribution is -2.27. The number of aromatic amines is 1. The Balaban J connectivity index is 1.56. The van der Waals surface area contributed by atoms with Crippen molar-refractivity contribution in [3.05, 3.63) is 102 Å². The molecule has 1 aliphatic rings. The third kappa shape index (κ3) is 5.97. The zero-order chi connectivity index (χ0) is 30.9. The van der Waals surface area contributed by atoms with Crippen LogP contribution in [-0.2, 0) is 5.41 Å². The minimum atomic E-state index is -2.71. The maximum Gasteiger partial charge on any atom is 0.261 e. The van der Waals surface area contributed by atoms with Crippen molar-refractivity contribution in [1.82, 2.24) is 24.8 Å². The number of anilines is 1. The molecule has 1 saturated heterocycles. The summed E-state index contributed by atoms with van der Waals surface area (Å²) in [6.45, 7) is 9.57. The quantitative estimate of drug-likeness (QED) is 0.156. The molecule has 0 bridgehead atoms. The second kappa shape index (κ2) is 11.8. The summed E-state index contributed by atoms with van der Waals surface area (Å²) in [6, 6.07) is 7.90. The fraction of sp³-hybridized carbons (Fsp3) is 0.303. The normalized spacial score (nSPS) is 16.2. The number of hydrogen-bond acceptors (Lipinski definition) is 5. The Kier molecular flexibility index (Phi) is 8.25. The highest BCUT2D eigenvalue weighted by Gasteiger charge is 2.38. The number of likely N-dealkylation sites (tertiary alicyclic amines) is 1. The van der Waals surface area contributed by atoms with Crippen LogP contribution in [0.5, 0.6) is 0 Å². The number of imidazole rings is 1. The van der Waals surface area contributed by atoms with Crippen LogP contribution in [0.25, 0.3) is 27.9 Å². The van der Waals surface area contributed by atoms with Gasteiger partial charge in [-0.15, -0.1) is 0 Å². The number of H-pyrrole nitrogens is 1. The van der Waals surface area contributed by atoms with Gasteiger partial charge in [0.05, 0.1) is 23.2 Å². The number of halogens is 4. The molecular formula is C33H34F4N6. The number of nitrogens with zero attached hydrogens (tertiary/aromatic N) is 4. The molecule has 4 aromatic rings. The SMILES string of the molecule is C=C/C(=C\C(=C/C)c1cnc(NC)c(C(C)(C)c2nc3c(-c4cccc(F)c4)nccc3[nH]2)c1F)CN1CCC(F)(F)C1. The van der Waals surface area contributed by atoms with Crippen LogP contribution in [-0.4, -0.2) is 57.4 Å². The maximum absolute atomic E-state index is 16.7. The Labute approximate surface area is 248 Å². The minimum Gasteiger partial charge on any atom is -0.373 e. The van der Waals surface area contributed by atoms with Gasteiger partial charge in [-0.3, -0.25) is 9.88 Å². The van der Waals surface area contributed by atoms with Gasteiger partial charge in [0.1, 0.15) is 28.8 Å². The summed E-state index contributed by atoms with van der Waals surface area (Å²) in [5, 5.41) is 3.01. The highest BCUT2D eigenvalue weighted by molar-refractivity contribution is 5.89. The third-order valence-electron chi connectivity index (χ3n) is 7.85. The molecular weight excluding hydrogens is 556 g/mol. The third-order valence-corrected chi connectivity index (χ3v) is 7.85. The van der Waals surface area contributed by atoms with Gasteiger partial charge in [-0.25, -0.2) is 27.5 Å². The van der Waals surface area contributed by atoms with Crippen LogP contribution in [0.2, 0.25) is 0 Å². The number of hydrogen-bond donors (Lipinski definition) is 2. The van der Waals surface area contributed by atoms with Crippen LogP contribution < -0.4 is 5.32 Å². The molecule has 0 amide bonds.